The van der Waals surface area contributed by atoms with Crippen molar-refractivity contribution in [3.63, 3.8) is 0 Å². The highest BCUT2D eigenvalue weighted by atomic mass is 35.5. The number of alkyl halides is 3. The molecular formula is C16H18ClF3N4O. The molecule has 1 amide bonds. The maximum absolute atomic E-state index is 12.7. The Hall–Kier alpha value is -2.06. The van der Waals surface area contributed by atoms with E-state index < -0.39 is 17.8 Å². The van der Waals surface area contributed by atoms with Gasteiger partial charge < -0.3 is 9.80 Å². The summed E-state index contributed by atoms with van der Waals surface area (Å²) in [5.74, 6) is -0.589. The van der Waals surface area contributed by atoms with Crippen LogP contribution in [0.2, 0.25) is 5.02 Å². The molecule has 5 nitrogen and oxygen atoms in total. The number of aromatic amines is 1. The molecule has 0 fully saturated rings. The van der Waals surface area contributed by atoms with Crippen LogP contribution >= 0.6 is 11.6 Å². The van der Waals surface area contributed by atoms with Crippen LogP contribution in [0, 0.1) is 0 Å². The van der Waals surface area contributed by atoms with Crippen molar-refractivity contribution in [3.8, 4) is 0 Å². The number of carbonyl (C=O) groups excluding carboxylic acids is 1. The molecule has 2 rings (SSSR count). The fraction of sp³-hybridized carbons (Fsp3) is 0.375. The van der Waals surface area contributed by atoms with E-state index in [2.05, 4.69) is 5.10 Å². The number of hydrogen-bond acceptors (Lipinski definition) is 3. The van der Waals surface area contributed by atoms with E-state index in [4.69, 9.17) is 11.6 Å². The Kier molecular flexibility index (Phi) is 6.07. The molecule has 0 aliphatic heterocycles. The molecule has 0 radical (unpaired) electrons. The minimum Gasteiger partial charge on any atom is -0.332 e. The zero-order valence-electron chi connectivity index (χ0n) is 13.8. The lowest BCUT2D eigenvalue weighted by atomic mass is 10.2. The number of halogens is 4. The van der Waals surface area contributed by atoms with Gasteiger partial charge in [-0.2, -0.15) is 18.3 Å². The van der Waals surface area contributed by atoms with Crippen molar-refractivity contribution < 1.29 is 18.0 Å². The third kappa shape index (κ3) is 5.20. The summed E-state index contributed by atoms with van der Waals surface area (Å²) < 4.78 is 38.1. The fourth-order valence-electron chi connectivity index (χ4n) is 2.14. The van der Waals surface area contributed by atoms with E-state index in [1.807, 2.05) is 24.1 Å². The van der Waals surface area contributed by atoms with Gasteiger partial charge in [-0.15, -0.1) is 0 Å². The molecule has 1 N–H and O–H groups in total. The first-order chi connectivity index (χ1) is 11.7. The predicted molar refractivity (Wildman–Crippen MR) is 88.3 cm³/mol. The molecule has 0 aliphatic rings. The van der Waals surface area contributed by atoms with Gasteiger partial charge in [0, 0.05) is 30.7 Å². The molecule has 136 valence electrons. The monoisotopic (exact) mass is 374 g/mol. The Morgan fingerprint density at radius 3 is 2.48 bits per heavy atom. The maximum atomic E-state index is 12.7. The van der Waals surface area contributed by atoms with Gasteiger partial charge >= 0.3 is 6.18 Å². The van der Waals surface area contributed by atoms with Gasteiger partial charge in [-0.1, -0.05) is 29.8 Å². The van der Waals surface area contributed by atoms with Crippen LogP contribution in [-0.2, 0) is 12.7 Å². The molecule has 1 aromatic heterocycles. The number of hydrogen-bond donors (Lipinski definition) is 1. The molecule has 0 aliphatic carbocycles. The average molecular weight is 375 g/mol. The SMILES string of the molecule is CN(C)CCN(Cc1ccccc1Cl)C(=O)c1cc(C(F)(F)F)[nH]n1. The summed E-state index contributed by atoms with van der Waals surface area (Å²) in [6.07, 6.45) is -4.58. The zero-order valence-corrected chi connectivity index (χ0v) is 14.5. The summed E-state index contributed by atoms with van der Waals surface area (Å²) in [5.41, 5.74) is -0.623. The molecule has 0 saturated carbocycles. The Morgan fingerprint density at radius 1 is 1.24 bits per heavy atom. The number of nitrogens with zero attached hydrogens (tertiary/aromatic N) is 3. The molecule has 1 aromatic carbocycles. The fourth-order valence-corrected chi connectivity index (χ4v) is 2.34. The summed E-state index contributed by atoms with van der Waals surface area (Å²) in [6.45, 7) is 1.05. The standard InChI is InChI=1S/C16H18ClF3N4O/c1-23(2)7-8-24(10-11-5-3-4-6-12(11)17)15(25)13-9-14(22-21-13)16(18,19)20/h3-6,9H,7-8,10H2,1-2H3,(H,21,22). The van der Waals surface area contributed by atoms with Gasteiger partial charge in [0.1, 0.15) is 5.69 Å². The number of benzene rings is 1. The largest absolute Gasteiger partial charge is 0.432 e. The molecule has 25 heavy (non-hydrogen) atoms. The highest BCUT2D eigenvalue weighted by Gasteiger charge is 2.34. The van der Waals surface area contributed by atoms with E-state index >= 15 is 0 Å². The Labute approximate surface area is 148 Å². The smallest absolute Gasteiger partial charge is 0.332 e. The van der Waals surface area contributed by atoms with Gasteiger partial charge in [0.05, 0.1) is 0 Å². The lowest BCUT2D eigenvalue weighted by Gasteiger charge is -2.24. The van der Waals surface area contributed by atoms with Crippen molar-refractivity contribution in [1.82, 2.24) is 20.0 Å². The van der Waals surface area contributed by atoms with E-state index in [-0.39, 0.29) is 12.2 Å². The molecule has 0 bridgehead atoms. The number of amides is 1. The number of nitrogens with one attached hydrogen (secondary N) is 1. The van der Waals surface area contributed by atoms with Crippen LogP contribution in [0.25, 0.3) is 0 Å². The first kappa shape index (κ1) is 19.3. The van der Waals surface area contributed by atoms with E-state index in [1.165, 1.54) is 4.90 Å². The molecule has 1 heterocycles. The topological polar surface area (TPSA) is 52.2 Å². The Morgan fingerprint density at radius 2 is 1.92 bits per heavy atom. The highest BCUT2D eigenvalue weighted by molar-refractivity contribution is 6.31. The summed E-state index contributed by atoms with van der Waals surface area (Å²) in [6, 6.07) is 7.73. The van der Waals surface area contributed by atoms with Gasteiger partial charge in [-0.25, -0.2) is 0 Å². The van der Waals surface area contributed by atoms with Crippen molar-refractivity contribution in [2.75, 3.05) is 27.2 Å². The van der Waals surface area contributed by atoms with Gasteiger partial charge in [-0.3, -0.25) is 9.89 Å². The summed E-state index contributed by atoms with van der Waals surface area (Å²) in [7, 11) is 3.68. The second-order valence-electron chi connectivity index (χ2n) is 5.79. The normalized spacial score (nSPS) is 11.8. The second kappa shape index (κ2) is 7.88. The van der Waals surface area contributed by atoms with Crippen LogP contribution in [0.1, 0.15) is 21.7 Å². The molecule has 0 unspecified atom stereocenters. The molecule has 2 aromatic rings. The summed E-state index contributed by atoms with van der Waals surface area (Å²) >= 11 is 6.13. The lowest BCUT2D eigenvalue weighted by molar-refractivity contribution is -0.141. The number of aromatic nitrogens is 2. The number of rotatable bonds is 6. The van der Waals surface area contributed by atoms with Crippen LogP contribution in [0.4, 0.5) is 13.2 Å². The highest BCUT2D eigenvalue weighted by Crippen LogP contribution is 2.28. The minimum atomic E-state index is -4.58. The quantitative estimate of drug-likeness (QED) is 0.844. The van der Waals surface area contributed by atoms with Gasteiger partial charge in [0.25, 0.3) is 5.91 Å². The van der Waals surface area contributed by atoms with E-state index in [1.54, 1.807) is 24.3 Å². The summed E-state index contributed by atoms with van der Waals surface area (Å²) in [4.78, 5) is 15.9. The molecule has 9 heteroatoms. The average Bonchev–Trinajstić information content (AvgIpc) is 3.02. The van der Waals surface area contributed by atoms with E-state index in [9.17, 15) is 18.0 Å². The van der Waals surface area contributed by atoms with Crippen molar-refractivity contribution >= 4 is 17.5 Å². The van der Waals surface area contributed by atoms with Gasteiger partial charge in [-0.05, 0) is 25.7 Å². The van der Waals surface area contributed by atoms with Gasteiger partial charge in [0.15, 0.2) is 5.69 Å². The van der Waals surface area contributed by atoms with Crippen LogP contribution in [0.15, 0.2) is 30.3 Å². The van der Waals surface area contributed by atoms with Crippen LogP contribution in [0.3, 0.4) is 0 Å². The molecule has 0 atom stereocenters. The first-order valence-electron chi connectivity index (χ1n) is 7.48. The van der Waals surface area contributed by atoms with E-state index in [0.29, 0.717) is 23.7 Å². The van der Waals surface area contributed by atoms with Crippen molar-refractivity contribution in [2.45, 2.75) is 12.7 Å². The second-order valence-corrected chi connectivity index (χ2v) is 6.19. The molecule has 0 spiro atoms. The lowest BCUT2D eigenvalue weighted by Crippen LogP contribution is -2.36. The third-order valence-electron chi connectivity index (χ3n) is 3.53. The Bertz CT molecular complexity index is 730. The van der Waals surface area contributed by atoms with Crippen molar-refractivity contribution in [2.24, 2.45) is 0 Å². The minimum absolute atomic E-state index is 0.181. The summed E-state index contributed by atoms with van der Waals surface area (Å²) in [5, 5.41) is 5.86. The van der Waals surface area contributed by atoms with Crippen LogP contribution in [-0.4, -0.2) is 53.1 Å². The third-order valence-corrected chi connectivity index (χ3v) is 3.89. The van der Waals surface area contributed by atoms with Crippen molar-refractivity contribution in [3.05, 3.63) is 52.3 Å². The number of H-pyrrole nitrogens is 1. The number of carbonyl (C=O) groups is 1. The van der Waals surface area contributed by atoms with Crippen LogP contribution in [0.5, 0.6) is 0 Å². The van der Waals surface area contributed by atoms with E-state index in [0.717, 1.165) is 6.07 Å². The first-order valence-corrected chi connectivity index (χ1v) is 7.86. The van der Waals surface area contributed by atoms with Gasteiger partial charge in [0.2, 0.25) is 0 Å². The maximum Gasteiger partial charge on any atom is 0.432 e. The molecule has 0 saturated heterocycles. The number of likely N-dealkylation sites (N-methyl/N-ethyl adjacent to an activating group) is 1. The Balaban J connectivity index is 2.23. The molecular weight excluding hydrogens is 357 g/mol. The van der Waals surface area contributed by atoms with Crippen LogP contribution < -0.4 is 0 Å². The van der Waals surface area contributed by atoms with Crippen molar-refractivity contribution in [1.29, 1.82) is 0 Å². The predicted octanol–water partition coefficient (Wildman–Crippen LogP) is 3.29. The zero-order chi connectivity index (χ0) is 18.6.